The quantitative estimate of drug-likeness (QED) is 0.859. The number of nitrogens with one attached hydrogen (secondary N) is 1. The van der Waals surface area contributed by atoms with Crippen molar-refractivity contribution < 1.29 is 18.8 Å². The molecule has 4 rings (SSSR count). The smallest absolute Gasteiger partial charge is 0.290 e. The van der Waals surface area contributed by atoms with Crippen molar-refractivity contribution in [3.8, 4) is 0 Å². The molecule has 24 heavy (non-hydrogen) atoms. The number of carbonyl (C=O) groups excluding carboxylic acids is 1. The summed E-state index contributed by atoms with van der Waals surface area (Å²) in [4.78, 5) is 16.6. The van der Waals surface area contributed by atoms with Gasteiger partial charge in [0.1, 0.15) is 0 Å². The molecule has 8 heteroatoms. The summed E-state index contributed by atoms with van der Waals surface area (Å²) in [6.45, 7) is 1.49. The van der Waals surface area contributed by atoms with Gasteiger partial charge in [0.25, 0.3) is 5.91 Å². The van der Waals surface area contributed by atoms with Crippen molar-refractivity contribution in [3.05, 3.63) is 34.1 Å². The lowest BCUT2D eigenvalue weighted by Gasteiger charge is -2.31. The molecule has 1 aliphatic heterocycles. The van der Waals surface area contributed by atoms with Crippen LogP contribution < -0.4 is 5.32 Å². The molecule has 3 heterocycles. The molecule has 128 valence electrons. The fourth-order valence-electron chi connectivity index (χ4n) is 2.76. The van der Waals surface area contributed by atoms with Crippen LogP contribution in [0.15, 0.2) is 21.5 Å². The Morgan fingerprint density at radius 3 is 3.12 bits per heavy atom. The van der Waals surface area contributed by atoms with Gasteiger partial charge < -0.3 is 19.3 Å². The average molecular weight is 349 g/mol. The van der Waals surface area contributed by atoms with Crippen molar-refractivity contribution in [2.75, 3.05) is 13.2 Å². The molecule has 2 aromatic rings. The SMILES string of the molecule is O=C(N[C@@H]1COCC[C@@H]1OCc1cscn1)c1cc(C2CC2)no1. The summed E-state index contributed by atoms with van der Waals surface area (Å²) in [7, 11) is 0. The Morgan fingerprint density at radius 1 is 1.42 bits per heavy atom. The Hall–Kier alpha value is -1.77. The van der Waals surface area contributed by atoms with Crippen LogP contribution in [0.4, 0.5) is 0 Å². The van der Waals surface area contributed by atoms with Gasteiger partial charge in [-0.05, 0) is 19.3 Å². The van der Waals surface area contributed by atoms with E-state index in [4.69, 9.17) is 14.0 Å². The second-order valence-electron chi connectivity index (χ2n) is 6.16. The maximum Gasteiger partial charge on any atom is 0.290 e. The van der Waals surface area contributed by atoms with Gasteiger partial charge in [0.15, 0.2) is 0 Å². The Bertz CT molecular complexity index is 683. The molecule has 0 bridgehead atoms. The lowest BCUT2D eigenvalue weighted by atomic mass is 10.1. The van der Waals surface area contributed by atoms with Crippen molar-refractivity contribution in [2.24, 2.45) is 0 Å². The van der Waals surface area contributed by atoms with E-state index in [-0.39, 0.29) is 23.8 Å². The fraction of sp³-hybridized carbons (Fsp3) is 0.562. The molecular formula is C16H19N3O4S. The van der Waals surface area contributed by atoms with E-state index in [1.807, 2.05) is 5.38 Å². The van der Waals surface area contributed by atoms with E-state index in [0.717, 1.165) is 30.7 Å². The maximum atomic E-state index is 12.4. The van der Waals surface area contributed by atoms with Crippen LogP contribution in [-0.4, -0.2) is 41.4 Å². The number of hydrogen-bond donors (Lipinski definition) is 1. The molecule has 2 fully saturated rings. The molecule has 0 spiro atoms. The lowest BCUT2D eigenvalue weighted by Crippen LogP contribution is -2.50. The maximum absolute atomic E-state index is 12.4. The predicted octanol–water partition coefficient (Wildman–Crippen LogP) is 2.11. The number of aromatic nitrogens is 2. The second kappa shape index (κ2) is 7.00. The van der Waals surface area contributed by atoms with Gasteiger partial charge in [0.05, 0.1) is 42.3 Å². The summed E-state index contributed by atoms with van der Waals surface area (Å²) >= 11 is 1.54. The van der Waals surface area contributed by atoms with Crippen LogP contribution >= 0.6 is 11.3 Å². The molecule has 0 radical (unpaired) electrons. The van der Waals surface area contributed by atoms with E-state index < -0.39 is 0 Å². The fourth-order valence-corrected chi connectivity index (χ4v) is 3.30. The third-order valence-corrected chi connectivity index (χ3v) is 4.92. The monoisotopic (exact) mass is 349 g/mol. The first kappa shape index (κ1) is 15.7. The minimum Gasteiger partial charge on any atom is -0.379 e. The van der Waals surface area contributed by atoms with E-state index in [2.05, 4.69) is 15.5 Å². The number of rotatable bonds is 6. The molecule has 7 nitrogen and oxygen atoms in total. The highest BCUT2D eigenvalue weighted by atomic mass is 32.1. The van der Waals surface area contributed by atoms with Crippen LogP contribution in [-0.2, 0) is 16.1 Å². The van der Waals surface area contributed by atoms with Crippen molar-refractivity contribution in [3.63, 3.8) is 0 Å². The summed E-state index contributed by atoms with van der Waals surface area (Å²) in [5.41, 5.74) is 3.56. The van der Waals surface area contributed by atoms with Crippen molar-refractivity contribution in [1.29, 1.82) is 0 Å². The summed E-state index contributed by atoms with van der Waals surface area (Å²) in [5.74, 6) is 0.440. The summed E-state index contributed by atoms with van der Waals surface area (Å²) in [5, 5.41) is 8.88. The molecule has 2 aromatic heterocycles. The number of carbonyl (C=O) groups is 1. The van der Waals surface area contributed by atoms with Crippen LogP contribution in [0.1, 0.15) is 47.1 Å². The summed E-state index contributed by atoms with van der Waals surface area (Å²) in [6, 6.07) is 1.53. The molecule has 1 N–H and O–H groups in total. The van der Waals surface area contributed by atoms with E-state index in [9.17, 15) is 4.79 Å². The van der Waals surface area contributed by atoms with Crippen molar-refractivity contribution in [2.45, 2.75) is 43.9 Å². The Morgan fingerprint density at radius 2 is 2.33 bits per heavy atom. The van der Waals surface area contributed by atoms with E-state index in [1.165, 1.54) is 11.3 Å². The van der Waals surface area contributed by atoms with E-state index in [0.29, 0.717) is 25.7 Å². The largest absolute Gasteiger partial charge is 0.379 e. The van der Waals surface area contributed by atoms with E-state index >= 15 is 0 Å². The molecule has 2 atom stereocenters. The summed E-state index contributed by atoms with van der Waals surface area (Å²) in [6.07, 6.45) is 2.88. The normalized spacial score (nSPS) is 24.0. The molecule has 1 aliphatic carbocycles. The van der Waals surface area contributed by atoms with Gasteiger partial charge in [-0.25, -0.2) is 4.98 Å². The first-order chi connectivity index (χ1) is 11.8. The number of thiazole rings is 1. The van der Waals surface area contributed by atoms with Gasteiger partial charge in [0, 0.05) is 24.0 Å². The minimum atomic E-state index is -0.271. The van der Waals surface area contributed by atoms with Gasteiger partial charge in [0.2, 0.25) is 5.76 Å². The lowest BCUT2D eigenvalue weighted by molar-refractivity contribution is -0.0613. The average Bonchev–Trinajstić information content (AvgIpc) is 3.12. The zero-order chi connectivity index (χ0) is 16.4. The standard InChI is InChI=1S/C16H19N3O4S/c20-16(15-5-12(19-23-15)10-1-2-10)18-13-7-21-4-3-14(13)22-6-11-8-24-9-17-11/h5,8-10,13-14H,1-4,6-7H2,(H,18,20)/t13-,14+/m1/s1. The predicted molar refractivity (Wildman–Crippen MR) is 85.9 cm³/mol. The van der Waals surface area contributed by atoms with Crippen LogP contribution in [0.3, 0.4) is 0 Å². The molecule has 1 saturated carbocycles. The van der Waals surface area contributed by atoms with Crippen LogP contribution in [0.25, 0.3) is 0 Å². The Kier molecular flexibility index (Phi) is 4.59. The van der Waals surface area contributed by atoms with Gasteiger partial charge in [-0.2, -0.15) is 0 Å². The molecule has 2 aliphatic rings. The number of hydrogen-bond acceptors (Lipinski definition) is 7. The third-order valence-electron chi connectivity index (χ3n) is 4.29. The van der Waals surface area contributed by atoms with Crippen LogP contribution in [0, 0.1) is 0 Å². The number of ether oxygens (including phenoxy) is 2. The third kappa shape index (κ3) is 3.66. The van der Waals surface area contributed by atoms with Gasteiger partial charge in [-0.15, -0.1) is 11.3 Å². The zero-order valence-electron chi connectivity index (χ0n) is 13.1. The Labute approximate surface area is 143 Å². The highest BCUT2D eigenvalue weighted by Crippen LogP contribution is 2.39. The molecule has 1 amide bonds. The van der Waals surface area contributed by atoms with E-state index in [1.54, 1.807) is 11.6 Å². The molecule has 1 saturated heterocycles. The van der Waals surface area contributed by atoms with Crippen molar-refractivity contribution in [1.82, 2.24) is 15.5 Å². The zero-order valence-corrected chi connectivity index (χ0v) is 14.0. The van der Waals surface area contributed by atoms with Gasteiger partial charge in [-0.3, -0.25) is 4.79 Å². The summed E-state index contributed by atoms with van der Waals surface area (Å²) < 4.78 is 16.6. The highest BCUT2D eigenvalue weighted by Gasteiger charge is 2.31. The second-order valence-corrected chi connectivity index (χ2v) is 6.88. The number of nitrogens with zero attached hydrogens (tertiary/aromatic N) is 2. The van der Waals surface area contributed by atoms with Crippen LogP contribution in [0.5, 0.6) is 0 Å². The first-order valence-corrected chi connectivity index (χ1v) is 9.08. The van der Waals surface area contributed by atoms with Gasteiger partial charge in [-0.1, -0.05) is 5.16 Å². The van der Waals surface area contributed by atoms with Crippen LogP contribution in [0.2, 0.25) is 0 Å². The first-order valence-electron chi connectivity index (χ1n) is 8.13. The minimum absolute atomic E-state index is 0.102. The topological polar surface area (TPSA) is 86.5 Å². The van der Waals surface area contributed by atoms with Gasteiger partial charge >= 0.3 is 0 Å². The molecule has 0 aromatic carbocycles. The van der Waals surface area contributed by atoms with Crippen molar-refractivity contribution >= 4 is 17.2 Å². The highest BCUT2D eigenvalue weighted by molar-refractivity contribution is 7.07. The number of amides is 1. The molecular weight excluding hydrogens is 330 g/mol. The Balaban J connectivity index is 1.35. The molecule has 0 unspecified atom stereocenters.